The predicted octanol–water partition coefficient (Wildman–Crippen LogP) is 6.07. The van der Waals surface area contributed by atoms with Crippen molar-refractivity contribution in [3.05, 3.63) is 126 Å². The number of anilines is 1. The van der Waals surface area contributed by atoms with Crippen molar-refractivity contribution in [2.24, 2.45) is 0 Å². The first kappa shape index (κ1) is 23.2. The van der Waals surface area contributed by atoms with Gasteiger partial charge in [-0.1, -0.05) is 0 Å². The molecule has 2 atom stereocenters. The zero-order valence-electron chi connectivity index (χ0n) is 19.7. The summed E-state index contributed by atoms with van der Waals surface area (Å²) in [6.45, 7) is 0. The molecule has 5 heteroatoms. The van der Waals surface area contributed by atoms with Crippen LogP contribution in [0.1, 0.15) is 27.5 Å². The zero-order valence-corrected chi connectivity index (χ0v) is 21.4. The van der Waals surface area contributed by atoms with Crippen LogP contribution in [-0.2, 0) is 4.79 Å². The standard InChI is InChI=1S/C30H27NO3Se/c1-33-25-17-13-21(14-18-25)27-29(30(32)31(27)24-15-19-26(34-2)20-16-24)35-28(22-9-5-3-6-10-22)23-11-7-4-8-12-23/h3-20,27-29H,1-2H3/t27-,29-/m1/s1. The molecule has 0 spiro atoms. The average Bonchev–Trinajstić information content (AvgIpc) is 2.93. The summed E-state index contributed by atoms with van der Waals surface area (Å²) in [4.78, 5) is 15.8. The molecule has 4 nitrogen and oxygen atoms in total. The Morgan fingerprint density at radius 2 is 1.17 bits per heavy atom. The van der Waals surface area contributed by atoms with Gasteiger partial charge in [0.15, 0.2) is 0 Å². The van der Waals surface area contributed by atoms with Gasteiger partial charge < -0.3 is 0 Å². The van der Waals surface area contributed by atoms with E-state index in [1.807, 2.05) is 53.4 Å². The molecule has 0 radical (unpaired) electrons. The van der Waals surface area contributed by atoms with Crippen LogP contribution in [0.25, 0.3) is 0 Å². The first-order valence-corrected chi connectivity index (χ1v) is 13.5. The second-order valence-electron chi connectivity index (χ2n) is 8.38. The number of β-lactam (4-membered cyclic amide) rings is 1. The number of rotatable bonds is 8. The number of hydrogen-bond acceptors (Lipinski definition) is 3. The van der Waals surface area contributed by atoms with E-state index in [1.165, 1.54) is 11.1 Å². The van der Waals surface area contributed by atoms with E-state index in [2.05, 4.69) is 60.7 Å². The predicted molar refractivity (Wildman–Crippen MR) is 140 cm³/mol. The van der Waals surface area contributed by atoms with Gasteiger partial charge in [-0.05, 0) is 0 Å². The molecule has 0 aliphatic carbocycles. The molecule has 0 unspecified atom stereocenters. The summed E-state index contributed by atoms with van der Waals surface area (Å²) in [6.07, 6.45) is 0. The van der Waals surface area contributed by atoms with Gasteiger partial charge in [0.1, 0.15) is 0 Å². The zero-order chi connectivity index (χ0) is 24.2. The maximum absolute atomic E-state index is 13.7. The van der Waals surface area contributed by atoms with Crippen LogP contribution in [0, 0.1) is 0 Å². The Hall–Kier alpha value is -3.53. The van der Waals surface area contributed by atoms with E-state index in [4.69, 9.17) is 9.47 Å². The van der Waals surface area contributed by atoms with Crippen molar-refractivity contribution in [3.8, 4) is 11.5 Å². The van der Waals surface area contributed by atoms with Crippen molar-refractivity contribution in [1.29, 1.82) is 0 Å². The fourth-order valence-corrected chi connectivity index (χ4v) is 7.82. The van der Waals surface area contributed by atoms with Gasteiger partial charge in [0.2, 0.25) is 0 Å². The molecule has 4 aromatic carbocycles. The second-order valence-corrected chi connectivity index (χ2v) is 11.0. The molecule has 4 aromatic rings. The van der Waals surface area contributed by atoms with Crippen molar-refractivity contribution in [1.82, 2.24) is 0 Å². The van der Waals surface area contributed by atoms with Gasteiger partial charge in [0.05, 0.1) is 0 Å². The summed E-state index contributed by atoms with van der Waals surface area (Å²) < 4.78 is 10.7. The number of methoxy groups -OCH3 is 2. The van der Waals surface area contributed by atoms with Crippen LogP contribution >= 0.6 is 0 Å². The van der Waals surface area contributed by atoms with Crippen molar-refractivity contribution < 1.29 is 14.3 Å². The Bertz CT molecular complexity index is 1220. The van der Waals surface area contributed by atoms with Crippen molar-refractivity contribution in [2.45, 2.75) is 15.7 Å². The first-order valence-electron chi connectivity index (χ1n) is 11.6. The fourth-order valence-electron chi connectivity index (χ4n) is 4.50. The topological polar surface area (TPSA) is 38.8 Å². The van der Waals surface area contributed by atoms with E-state index in [9.17, 15) is 4.79 Å². The summed E-state index contributed by atoms with van der Waals surface area (Å²) in [7, 11) is 3.32. The quantitative estimate of drug-likeness (QED) is 0.206. The van der Waals surface area contributed by atoms with E-state index < -0.39 is 0 Å². The summed E-state index contributed by atoms with van der Waals surface area (Å²) >= 11 is -0.00659. The van der Waals surface area contributed by atoms with Crippen LogP contribution in [0.15, 0.2) is 109 Å². The molecule has 5 rings (SSSR count). The van der Waals surface area contributed by atoms with Crippen molar-refractivity contribution in [2.75, 3.05) is 19.1 Å². The number of benzene rings is 4. The van der Waals surface area contributed by atoms with E-state index in [-0.39, 0.29) is 36.5 Å². The normalized spacial score (nSPS) is 17.2. The third kappa shape index (κ3) is 4.70. The van der Waals surface area contributed by atoms with Gasteiger partial charge in [-0.15, -0.1) is 0 Å². The Morgan fingerprint density at radius 1 is 0.686 bits per heavy atom. The number of amides is 1. The van der Waals surface area contributed by atoms with E-state index >= 15 is 0 Å². The van der Waals surface area contributed by atoms with Gasteiger partial charge in [-0.2, -0.15) is 0 Å². The second kappa shape index (κ2) is 10.4. The molecule has 176 valence electrons. The van der Waals surface area contributed by atoms with Gasteiger partial charge in [-0.25, -0.2) is 0 Å². The number of ether oxygens (including phenoxy) is 2. The van der Waals surface area contributed by atoms with Gasteiger partial charge >= 0.3 is 213 Å². The van der Waals surface area contributed by atoms with Crippen molar-refractivity contribution in [3.63, 3.8) is 0 Å². The molecule has 1 amide bonds. The fraction of sp³-hybridized carbons (Fsp3) is 0.167. The Balaban J connectivity index is 1.52. The van der Waals surface area contributed by atoms with Crippen LogP contribution in [-0.4, -0.2) is 35.1 Å². The molecule has 0 N–H and O–H groups in total. The molecular weight excluding hydrogens is 501 g/mol. The molecule has 0 bridgehead atoms. The molecule has 1 aliphatic heterocycles. The average molecular weight is 529 g/mol. The van der Waals surface area contributed by atoms with Gasteiger partial charge in [-0.3, -0.25) is 0 Å². The Morgan fingerprint density at radius 3 is 1.66 bits per heavy atom. The monoisotopic (exact) mass is 529 g/mol. The number of carbonyl (C=O) groups is 1. The molecule has 0 aromatic heterocycles. The molecular formula is C30H27NO3Se. The molecule has 1 heterocycles. The third-order valence-electron chi connectivity index (χ3n) is 6.34. The maximum atomic E-state index is 13.7. The SMILES string of the molecule is COc1ccc([C@@H]2[C@@H]([Se]C(c3ccccc3)c3ccccc3)C(=O)N2c2ccc(OC)cc2)cc1. The van der Waals surface area contributed by atoms with E-state index in [0.717, 1.165) is 22.7 Å². The third-order valence-corrected chi connectivity index (χ3v) is 9.63. The van der Waals surface area contributed by atoms with Gasteiger partial charge in [0.25, 0.3) is 0 Å². The summed E-state index contributed by atoms with van der Waals surface area (Å²) in [5, 5.41) is 0. The van der Waals surface area contributed by atoms with Gasteiger partial charge in [0, 0.05) is 0 Å². The number of hydrogen-bond donors (Lipinski definition) is 0. The first-order chi connectivity index (χ1) is 17.2. The number of carbonyl (C=O) groups excluding carboxylic acids is 1. The minimum absolute atomic E-state index is 0.00659. The summed E-state index contributed by atoms with van der Waals surface area (Å²) in [5.74, 6) is 1.76. The Labute approximate surface area is 212 Å². The molecule has 0 saturated carbocycles. The van der Waals surface area contributed by atoms with Crippen LogP contribution in [0.3, 0.4) is 0 Å². The van der Waals surface area contributed by atoms with Crippen LogP contribution in [0.4, 0.5) is 5.69 Å². The van der Waals surface area contributed by atoms with Crippen LogP contribution < -0.4 is 14.4 Å². The van der Waals surface area contributed by atoms with E-state index in [0.29, 0.717) is 0 Å². The Kier molecular flexibility index (Phi) is 6.89. The molecule has 35 heavy (non-hydrogen) atoms. The molecule has 1 fully saturated rings. The molecule has 1 aliphatic rings. The van der Waals surface area contributed by atoms with Crippen LogP contribution in [0.5, 0.6) is 11.5 Å². The number of nitrogens with zero attached hydrogens (tertiary/aromatic N) is 1. The summed E-state index contributed by atoms with van der Waals surface area (Å²) in [5.41, 5.74) is 4.51. The van der Waals surface area contributed by atoms with Crippen LogP contribution in [0.2, 0.25) is 4.82 Å². The minimum atomic E-state index is -0.0802. The van der Waals surface area contributed by atoms with Crippen molar-refractivity contribution >= 4 is 26.6 Å². The molecule has 1 saturated heterocycles. The van der Waals surface area contributed by atoms with E-state index in [1.54, 1.807) is 14.2 Å². The summed E-state index contributed by atoms with van der Waals surface area (Å²) in [6, 6.07) is 36.9.